The van der Waals surface area contributed by atoms with Crippen molar-refractivity contribution in [3.63, 3.8) is 0 Å². The summed E-state index contributed by atoms with van der Waals surface area (Å²) in [5.74, 6) is 0.0869. The zero-order chi connectivity index (χ0) is 15.1. The highest BCUT2D eigenvalue weighted by atomic mass is 16.5. The summed E-state index contributed by atoms with van der Waals surface area (Å²) in [6.45, 7) is 4.88. The Hall–Kier alpha value is -1.10. The van der Waals surface area contributed by atoms with Gasteiger partial charge in [-0.05, 0) is 39.5 Å². The highest BCUT2D eigenvalue weighted by molar-refractivity contribution is 5.98. The van der Waals surface area contributed by atoms with E-state index in [0.717, 1.165) is 44.9 Å². The number of nitrogens with one attached hydrogen (secondary N) is 1. The highest BCUT2D eigenvalue weighted by Gasteiger charge is 2.50. The second kappa shape index (κ2) is 5.27. The number of ether oxygens (including phenoxy) is 1. The van der Waals surface area contributed by atoms with Crippen molar-refractivity contribution in [1.29, 1.82) is 0 Å². The zero-order valence-corrected chi connectivity index (χ0v) is 13.1. The molecular formula is C16H26N2O3. The molecule has 0 aromatic carbocycles. The molecule has 5 heteroatoms. The molecule has 2 amide bonds. The standard InChI is InChI=1S/C16H26N2O3/c1-15(2)9-6-12(21-15)11-18-13(19)10-17-14(20)16(18)7-4-3-5-8-16/h12H,3-11H2,1-2H3,(H,17,20). The zero-order valence-electron chi connectivity index (χ0n) is 13.1. The lowest BCUT2D eigenvalue weighted by atomic mass is 9.78. The molecule has 1 unspecified atom stereocenters. The van der Waals surface area contributed by atoms with Gasteiger partial charge in [0.25, 0.3) is 0 Å². The smallest absolute Gasteiger partial charge is 0.246 e. The third-order valence-corrected chi connectivity index (χ3v) is 5.26. The molecule has 0 aromatic heterocycles. The van der Waals surface area contributed by atoms with Crippen molar-refractivity contribution < 1.29 is 14.3 Å². The van der Waals surface area contributed by atoms with Gasteiger partial charge < -0.3 is 15.0 Å². The largest absolute Gasteiger partial charge is 0.371 e. The minimum atomic E-state index is -0.607. The van der Waals surface area contributed by atoms with Crippen LogP contribution in [0.25, 0.3) is 0 Å². The Kier molecular flexibility index (Phi) is 3.72. The summed E-state index contributed by atoms with van der Waals surface area (Å²) < 4.78 is 6.04. The summed E-state index contributed by atoms with van der Waals surface area (Å²) in [6.07, 6.45) is 6.83. The summed E-state index contributed by atoms with van der Waals surface area (Å²) in [6, 6.07) is 0. The molecule has 1 spiro atoms. The van der Waals surface area contributed by atoms with Crippen molar-refractivity contribution in [1.82, 2.24) is 10.2 Å². The van der Waals surface area contributed by atoms with Crippen LogP contribution < -0.4 is 5.32 Å². The molecule has 1 atom stereocenters. The summed E-state index contributed by atoms with van der Waals surface area (Å²) in [7, 11) is 0. The fourth-order valence-electron chi connectivity index (χ4n) is 4.10. The maximum atomic E-state index is 12.5. The SMILES string of the molecule is CC1(C)CCC(CN2C(=O)CNC(=O)C23CCCCC3)O1. The summed E-state index contributed by atoms with van der Waals surface area (Å²) >= 11 is 0. The van der Waals surface area contributed by atoms with Crippen molar-refractivity contribution in [3.05, 3.63) is 0 Å². The second-order valence-corrected chi connectivity index (χ2v) is 7.32. The van der Waals surface area contributed by atoms with E-state index in [1.165, 1.54) is 0 Å². The number of carbonyl (C=O) groups excluding carboxylic acids is 2. The average molecular weight is 294 g/mol. The van der Waals surface area contributed by atoms with Crippen LogP contribution in [0.2, 0.25) is 0 Å². The van der Waals surface area contributed by atoms with Crippen LogP contribution in [0.5, 0.6) is 0 Å². The number of nitrogens with zero attached hydrogens (tertiary/aromatic N) is 1. The van der Waals surface area contributed by atoms with E-state index in [9.17, 15) is 9.59 Å². The Balaban J connectivity index is 1.79. The van der Waals surface area contributed by atoms with Crippen LogP contribution in [0.15, 0.2) is 0 Å². The van der Waals surface area contributed by atoms with Crippen LogP contribution in [0.1, 0.15) is 58.8 Å². The Labute approximate surface area is 126 Å². The van der Waals surface area contributed by atoms with Crippen molar-refractivity contribution in [2.75, 3.05) is 13.1 Å². The molecule has 2 saturated heterocycles. The van der Waals surface area contributed by atoms with Gasteiger partial charge in [0.2, 0.25) is 11.8 Å². The van der Waals surface area contributed by atoms with Crippen LogP contribution >= 0.6 is 0 Å². The van der Waals surface area contributed by atoms with E-state index < -0.39 is 5.54 Å². The number of carbonyl (C=O) groups is 2. The summed E-state index contributed by atoms with van der Waals surface area (Å²) in [4.78, 5) is 26.7. The normalized spacial score (nSPS) is 31.5. The molecule has 2 heterocycles. The van der Waals surface area contributed by atoms with Crippen LogP contribution in [-0.2, 0) is 14.3 Å². The fourth-order valence-corrected chi connectivity index (χ4v) is 4.10. The van der Waals surface area contributed by atoms with Gasteiger partial charge >= 0.3 is 0 Å². The first kappa shape index (κ1) is 14.8. The van der Waals surface area contributed by atoms with Crippen molar-refractivity contribution in [2.45, 2.75) is 76.0 Å². The first-order valence-corrected chi connectivity index (χ1v) is 8.20. The number of rotatable bonds is 2. The molecule has 0 aromatic rings. The van der Waals surface area contributed by atoms with Crippen molar-refractivity contribution in [2.24, 2.45) is 0 Å². The lowest BCUT2D eigenvalue weighted by Gasteiger charge is -2.48. The highest BCUT2D eigenvalue weighted by Crippen LogP contribution is 2.38. The molecule has 0 bridgehead atoms. The molecule has 1 aliphatic carbocycles. The third kappa shape index (κ3) is 2.68. The van der Waals surface area contributed by atoms with Crippen LogP contribution in [-0.4, -0.2) is 47.0 Å². The molecule has 3 aliphatic rings. The van der Waals surface area contributed by atoms with E-state index in [2.05, 4.69) is 19.2 Å². The van der Waals surface area contributed by atoms with Crippen molar-refractivity contribution in [3.8, 4) is 0 Å². The van der Waals surface area contributed by atoms with Crippen LogP contribution in [0.4, 0.5) is 0 Å². The lowest BCUT2D eigenvalue weighted by molar-refractivity contribution is -0.159. The fraction of sp³-hybridized carbons (Fsp3) is 0.875. The molecule has 3 rings (SSSR count). The van der Waals surface area contributed by atoms with Gasteiger partial charge in [-0.1, -0.05) is 19.3 Å². The van der Waals surface area contributed by atoms with E-state index in [1.807, 2.05) is 4.90 Å². The number of hydrogen-bond acceptors (Lipinski definition) is 3. The monoisotopic (exact) mass is 294 g/mol. The van der Waals surface area contributed by atoms with Gasteiger partial charge in [0.15, 0.2) is 0 Å². The molecule has 118 valence electrons. The average Bonchev–Trinajstić information content (AvgIpc) is 2.80. The predicted octanol–water partition coefficient (Wildman–Crippen LogP) is 1.61. The van der Waals surface area contributed by atoms with Gasteiger partial charge in [-0.3, -0.25) is 9.59 Å². The Morgan fingerprint density at radius 1 is 1.19 bits per heavy atom. The quantitative estimate of drug-likeness (QED) is 0.841. The van der Waals surface area contributed by atoms with E-state index in [4.69, 9.17) is 4.74 Å². The van der Waals surface area contributed by atoms with Gasteiger partial charge in [-0.2, -0.15) is 0 Å². The van der Waals surface area contributed by atoms with E-state index in [0.29, 0.717) is 6.54 Å². The minimum absolute atomic E-state index is 0.0408. The lowest BCUT2D eigenvalue weighted by Crippen LogP contribution is -2.68. The predicted molar refractivity (Wildman–Crippen MR) is 78.7 cm³/mol. The van der Waals surface area contributed by atoms with E-state index in [1.54, 1.807) is 0 Å². The first-order valence-electron chi connectivity index (χ1n) is 8.20. The topological polar surface area (TPSA) is 58.6 Å². The first-order chi connectivity index (χ1) is 9.93. The molecule has 0 radical (unpaired) electrons. The van der Waals surface area contributed by atoms with Crippen LogP contribution in [0.3, 0.4) is 0 Å². The molecule has 2 aliphatic heterocycles. The number of amides is 2. The van der Waals surface area contributed by atoms with Gasteiger partial charge in [-0.15, -0.1) is 0 Å². The number of piperazine rings is 1. The molecule has 3 fully saturated rings. The van der Waals surface area contributed by atoms with Gasteiger partial charge in [0.05, 0.1) is 18.2 Å². The second-order valence-electron chi connectivity index (χ2n) is 7.32. The van der Waals surface area contributed by atoms with Crippen molar-refractivity contribution >= 4 is 11.8 Å². The summed E-state index contributed by atoms with van der Waals surface area (Å²) in [5, 5.41) is 2.79. The van der Waals surface area contributed by atoms with Gasteiger partial charge in [-0.25, -0.2) is 0 Å². The molecular weight excluding hydrogens is 268 g/mol. The maximum Gasteiger partial charge on any atom is 0.246 e. The molecule has 1 saturated carbocycles. The number of hydrogen-bond donors (Lipinski definition) is 1. The minimum Gasteiger partial charge on any atom is -0.371 e. The van der Waals surface area contributed by atoms with E-state index in [-0.39, 0.29) is 30.1 Å². The molecule has 1 N–H and O–H groups in total. The Morgan fingerprint density at radius 3 is 2.52 bits per heavy atom. The molecule has 5 nitrogen and oxygen atoms in total. The summed E-state index contributed by atoms with van der Waals surface area (Å²) in [5.41, 5.74) is -0.713. The van der Waals surface area contributed by atoms with Crippen LogP contribution in [0, 0.1) is 0 Å². The Morgan fingerprint density at radius 2 is 1.90 bits per heavy atom. The van der Waals surface area contributed by atoms with Gasteiger partial charge in [0, 0.05) is 6.54 Å². The molecule has 21 heavy (non-hydrogen) atoms. The maximum absolute atomic E-state index is 12.5. The Bertz CT molecular complexity index is 441. The van der Waals surface area contributed by atoms with Gasteiger partial charge in [0.1, 0.15) is 5.54 Å². The third-order valence-electron chi connectivity index (χ3n) is 5.26. The van der Waals surface area contributed by atoms with E-state index >= 15 is 0 Å².